The Bertz CT molecular complexity index is 3870. The van der Waals surface area contributed by atoms with E-state index in [1.807, 2.05) is 12.1 Å². The topological polar surface area (TPSA) is 295 Å². The van der Waals surface area contributed by atoms with Crippen molar-refractivity contribution in [3.63, 3.8) is 0 Å². The van der Waals surface area contributed by atoms with Gasteiger partial charge in [0.2, 0.25) is 0 Å². The van der Waals surface area contributed by atoms with Crippen LogP contribution in [0.15, 0.2) is 199 Å². The van der Waals surface area contributed by atoms with E-state index in [4.69, 9.17) is 56.8 Å². The van der Waals surface area contributed by atoms with E-state index in [1.165, 1.54) is 0 Å². The first-order valence-electron chi connectivity index (χ1n) is 37.0. The molecule has 4 N–H and O–H groups in total. The van der Waals surface area contributed by atoms with Crippen molar-refractivity contribution in [2.45, 2.75) is 161 Å². The van der Waals surface area contributed by atoms with Gasteiger partial charge in [-0.15, -0.1) is 0 Å². The minimum absolute atomic E-state index is 0.0447. The molecular weight excluding hydrogens is 1410 g/mol. The third-order valence-electron chi connectivity index (χ3n) is 19.0. The van der Waals surface area contributed by atoms with Crippen molar-refractivity contribution in [1.82, 2.24) is 21.3 Å². The Hall–Kier alpha value is -11.8. The van der Waals surface area contributed by atoms with Crippen molar-refractivity contribution in [2.75, 3.05) is 52.9 Å². The van der Waals surface area contributed by atoms with Gasteiger partial charge in [-0.3, -0.25) is 0 Å². The summed E-state index contributed by atoms with van der Waals surface area (Å²) in [5.74, 6) is -6.40. The van der Waals surface area contributed by atoms with Gasteiger partial charge in [0.15, 0.2) is 0 Å². The number of rotatable bonds is 32. The van der Waals surface area contributed by atoms with Crippen molar-refractivity contribution in [3.8, 4) is 23.0 Å². The van der Waals surface area contributed by atoms with Gasteiger partial charge in [0, 0.05) is 45.6 Å². The minimum atomic E-state index is -0.853. The van der Waals surface area contributed by atoms with Gasteiger partial charge >= 0.3 is 47.8 Å². The molecule has 582 valence electrons. The quantitative estimate of drug-likeness (QED) is 0.0230. The second kappa shape index (κ2) is 37.8. The molecule has 0 aliphatic carbocycles. The Labute approximate surface area is 641 Å². The zero-order chi connectivity index (χ0) is 79.6. The van der Waals surface area contributed by atoms with Crippen LogP contribution >= 0.6 is 0 Å². The Morgan fingerprint density at radius 1 is 0.236 bits per heavy atom. The highest BCUT2D eigenvalue weighted by atomic mass is 16.6. The normalized spacial score (nSPS) is 15.1. The molecule has 24 nitrogen and oxygen atoms in total. The van der Waals surface area contributed by atoms with Crippen molar-refractivity contribution < 1.29 is 95.2 Å². The number of ether oxygens (including phenoxy) is 12. The highest BCUT2D eigenvalue weighted by Crippen LogP contribution is 2.45. The van der Waals surface area contributed by atoms with Crippen LogP contribution in [0.3, 0.4) is 0 Å². The Morgan fingerprint density at radius 2 is 0.373 bits per heavy atom. The molecule has 4 heterocycles. The SMILES string of the molecule is CCOC(=O)C1=C(C)NC(C)=C(C(=O)OCC)C1c1ccc(OCc2cc(COc3ccc(C4C(C(=O)OCC)=C(C)NC(C)=C4C(=O)OCC)cc3)c(COc3ccc(C4C(C(=O)OCC)=C(C)NC(C)=C4C(=O)OCC)cc3)cc2COc2ccc(C3C(C(=O)OCC)=C(C)NC(C)=C3C(=O)OCC)cc2)cc1. The predicted octanol–water partition coefficient (Wildman–Crippen LogP) is 13.4. The molecule has 5 aromatic rings. The van der Waals surface area contributed by atoms with Crippen LogP contribution in [-0.4, -0.2) is 101 Å². The lowest BCUT2D eigenvalue weighted by Crippen LogP contribution is -2.32. The molecule has 0 aromatic heterocycles. The summed E-state index contributed by atoms with van der Waals surface area (Å²) in [6.07, 6.45) is 0. The first-order chi connectivity index (χ1) is 52.9. The first kappa shape index (κ1) is 82.2. The van der Waals surface area contributed by atoms with E-state index in [2.05, 4.69) is 21.3 Å². The van der Waals surface area contributed by atoms with E-state index in [0.29, 0.717) is 113 Å². The van der Waals surface area contributed by atoms with E-state index < -0.39 is 71.4 Å². The van der Waals surface area contributed by atoms with Crippen LogP contribution in [-0.2, 0) is 103 Å². The molecular formula is C86H98N4O20. The lowest BCUT2D eigenvalue weighted by atomic mass is 9.80. The summed E-state index contributed by atoms with van der Waals surface area (Å²) in [4.78, 5) is 110. The molecule has 0 amide bonds. The highest BCUT2D eigenvalue weighted by molar-refractivity contribution is 6.03. The monoisotopic (exact) mass is 1510 g/mol. The number of carbonyl (C=O) groups is 8. The van der Waals surface area contributed by atoms with E-state index in [9.17, 15) is 38.4 Å². The summed E-state index contributed by atoms with van der Waals surface area (Å²) in [5, 5.41) is 12.7. The fraction of sp³-hybridized carbons (Fsp3) is 0.372. The van der Waals surface area contributed by atoms with Gasteiger partial charge in [-0.25, -0.2) is 38.4 Å². The molecule has 0 fully saturated rings. The maximum absolute atomic E-state index is 13.8. The maximum atomic E-state index is 13.8. The van der Waals surface area contributed by atoms with Gasteiger partial charge in [-0.1, -0.05) is 48.5 Å². The van der Waals surface area contributed by atoms with Crippen LogP contribution in [0.5, 0.6) is 23.0 Å². The first-order valence-corrected chi connectivity index (χ1v) is 37.0. The molecule has 0 unspecified atom stereocenters. The minimum Gasteiger partial charge on any atom is -0.489 e. The van der Waals surface area contributed by atoms with Crippen molar-refractivity contribution in [2.24, 2.45) is 0 Å². The molecule has 24 heteroatoms. The number of carbonyl (C=O) groups excluding carboxylic acids is 8. The third kappa shape index (κ3) is 18.6. The van der Waals surface area contributed by atoms with Crippen molar-refractivity contribution in [1.29, 1.82) is 0 Å². The number of hydrogen-bond acceptors (Lipinski definition) is 24. The molecule has 5 aromatic carbocycles. The molecule has 0 bridgehead atoms. The van der Waals surface area contributed by atoms with E-state index in [1.54, 1.807) is 208 Å². The van der Waals surface area contributed by atoms with Gasteiger partial charge < -0.3 is 78.1 Å². The lowest BCUT2D eigenvalue weighted by molar-refractivity contribution is -0.141. The van der Waals surface area contributed by atoms with Crippen LogP contribution in [0, 0.1) is 0 Å². The molecule has 9 rings (SSSR count). The fourth-order valence-electron chi connectivity index (χ4n) is 14.1. The largest absolute Gasteiger partial charge is 0.489 e. The van der Waals surface area contributed by atoms with E-state index in [0.717, 1.165) is 0 Å². The second-order valence-electron chi connectivity index (χ2n) is 26.1. The molecule has 0 radical (unpaired) electrons. The van der Waals surface area contributed by atoms with E-state index in [-0.39, 0.29) is 124 Å². The van der Waals surface area contributed by atoms with Gasteiger partial charge in [-0.2, -0.15) is 0 Å². The summed E-state index contributed by atoms with van der Waals surface area (Å²) in [7, 11) is 0. The van der Waals surface area contributed by atoms with E-state index >= 15 is 0 Å². The Kier molecular flexibility index (Phi) is 28.3. The molecule has 4 aliphatic heterocycles. The van der Waals surface area contributed by atoms with Crippen LogP contribution in [0.4, 0.5) is 0 Å². The zero-order valence-corrected chi connectivity index (χ0v) is 65.4. The second-order valence-corrected chi connectivity index (χ2v) is 26.1. The maximum Gasteiger partial charge on any atom is 0.336 e. The molecule has 0 saturated heterocycles. The highest BCUT2D eigenvalue weighted by Gasteiger charge is 2.43. The van der Waals surface area contributed by atoms with Crippen molar-refractivity contribution in [3.05, 3.63) is 244 Å². The summed E-state index contributed by atoms with van der Waals surface area (Å²) in [5.41, 5.74) is 11.3. The van der Waals surface area contributed by atoms with Crippen molar-refractivity contribution >= 4 is 47.8 Å². The zero-order valence-electron chi connectivity index (χ0n) is 65.4. The number of benzene rings is 5. The summed E-state index contributed by atoms with van der Waals surface area (Å²) in [6, 6.07) is 32.2. The standard InChI is InChI=1S/C86H98N4O20/c1-17-99-79(91)67-47(9)87-48(10)68(80(92)100-18-2)75(67)55-25-33-63(34-26-55)107-43-59-41-61(45-109-65-37-29-57(30-38-65)77-71(83(95)103-21-5)51(13)89-52(14)72(77)84(96)104-22-6)62(46-110-66-39-31-58(32-40-66)78-73(85(97)105-23-7)53(15)90-54(16)74(78)86(98)106-24-8)42-60(59)44-108-64-35-27-56(28-36-64)76-69(81(93)101-19-3)49(11)88-50(12)70(76)82(94)102-20-4/h25-42,75-78,87-90H,17-24,43-46H2,1-16H3. The Balaban J connectivity index is 1.14. The summed E-state index contributed by atoms with van der Waals surface area (Å²) in [6.45, 7) is 28.4. The average molecular weight is 1510 g/mol. The van der Waals surface area contributed by atoms with Gasteiger partial charge in [0.05, 0.1) is 121 Å². The van der Waals surface area contributed by atoms with Gasteiger partial charge in [0.1, 0.15) is 49.4 Å². The molecule has 110 heavy (non-hydrogen) atoms. The smallest absolute Gasteiger partial charge is 0.336 e. The number of hydrogen-bond donors (Lipinski definition) is 4. The lowest BCUT2D eigenvalue weighted by Gasteiger charge is -2.30. The number of allylic oxidation sites excluding steroid dienone is 8. The Morgan fingerprint density at radius 3 is 0.500 bits per heavy atom. The average Bonchev–Trinajstić information content (AvgIpc) is 0.781. The van der Waals surface area contributed by atoms with Crippen LogP contribution in [0.25, 0.3) is 0 Å². The molecule has 0 atom stereocenters. The van der Waals surface area contributed by atoms with Gasteiger partial charge in [0.25, 0.3) is 0 Å². The number of nitrogens with one attached hydrogen (secondary N) is 4. The molecule has 0 spiro atoms. The summed E-state index contributed by atoms with van der Waals surface area (Å²) >= 11 is 0. The number of esters is 8. The number of dihydropyridines is 4. The third-order valence-corrected chi connectivity index (χ3v) is 19.0. The predicted molar refractivity (Wildman–Crippen MR) is 408 cm³/mol. The van der Waals surface area contributed by atoms with Gasteiger partial charge in [-0.05, 0) is 216 Å². The fourth-order valence-corrected chi connectivity index (χ4v) is 14.1. The molecule has 0 saturated carbocycles. The van der Waals surface area contributed by atoms with Crippen LogP contribution in [0.1, 0.15) is 179 Å². The van der Waals surface area contributed by atoms with Crippen LogP contribution in [0.2, 0.25) is 0 Å². The molecule has 4 aliphatic rings. The summed E-state index contributed by atoms with van der Waals surface area (Å²) < 4.78 is 71.1. The van der Waals surface area contributed by atoms with Crippen LogP contribution < -0.4 is 40.2 Å².